The van der Waals surface area contributed by atoms with Gasteiger partial charge in [0.2, 0.25) is 0 Å². The minimum absolute atomic E-state index is 0.141. The van der Waals surface area contributed by atoms with Crippen LogP contribution >= 0.6 is 15.9 Å². The molecule has 1 atom stereocenters. The normalized spacial score (nSPS) is 11.8. The van der Waals surface area contributed by atoms with E-state index in [2.05, 4.69) is 15.9 Å². The van der Waals surface area contributed by atoms with E-state index in [0.29, 0.717) is 19.0 Å². The van der Waals surface area contributed by atoms with Crippen LogP contribution in [0.1, 0.15) is 30.5 Å². The minimum Gasteiger partial charge on any atom is -0.489 e. The Kier molecular flexibility index (Phi) is 6.62. The van der Waals surface area contributed by atoms with Crippen molar-refractivity contribution in [2.45, 2.75) is 26.0 Å². The van der Waals surface area contributed by atoms with Crippen molar-refractivity contribution in [2.75, 3.05) is 6.61 Å². The second-order valence-electron chi connectivity index (χ2n) is 5.11. The summed E-state index contributed by atoms with van der Waals surface area (Å²) in [4.78, 5) is 11.6. The molecule has 0 aliphatic rings. The second-order valence-corrected chi connectivity index (χ2v) is 6.03. The molecule has 0 heterocycles. The molecule has 2 aromatic carbocycles. The highest BCUT2D eigenvalue weighted by Crippen LogP contribution is 2.26. The highest BCUT2D eigenvalue weighted by Gasteiger charge is 2.14. The number of nitrogens with two attached hydrogens (primary N) is 1. The molecule has 5 heteroatoms. The van der Waals surface area contributed by atoms with E-state index in [1.807, 2.05) is 48.5 Å². The maximum absolute atomic E-state index is 11.6. The summed E-state index contributed by atoms with van der Waals surface area (Å²) in [5.41, 5.74) is 8.01. The van der Waals surface area contributed by atoms with Crippen LogP contribution < -0.4 is 10.5 Å². The molecule has 0 fully saturated rings. The number of hydrogen-bond donors (Lipinski definition) is 1. The van der Waals surface area contributed by atoms with E-state index >= 15 is 0 Å². The highest BCUT2D eigenvalue weighted by atomic mass is 79.9. The molecular formula is C18H20BrNO3. The van der Waals surface area contributed by atoms with Crippen LogP contribution in [0.25, 0.3) is 0 Å². The summed E-state index contributed by atoms with van der Waals surface area (Å²) in [5, 5.41) is 0. The van der Waals surface area contributed by atoms with Gasteiger partial charge in [0.05, 0.1) is 13.0 Å². The van der Waals surface area contributed by atoms with Crippen molar-refractivity contribution in [3.05, 3.63) is 64.1 Å². The lowest BCUT2D eigenvalue weighted by Crippen LogP contribution is -2.17. The van der Waals surface area contributed by atoms with Crippen molar-refractivity contribution in [1.29, 1.82) is 0 Å². The summed E-state index contributed by atoms with van der Waals surface area (Å²) in [6, 6.07) is 15.1. The van der Waals surface area contributed by atoms with Gasteiger partial charge in [0.1, 0.15) is 12.4 Å². The van der Waals surface area contributed by atoms with Crippen LogP contribution in [-0.2, 0) is 16.1 Å². The third-order valence-corrected chi connectivity index (χ3v) is 3.72. The molecule has 0 aliphatic heterocycles. The van der Waals surface area contributed by atoms with E-state index < -0.39 is 6.04 Å². The van der Waals surface area contributed by atoms with Gasteiger partial charge in [0.15, 0.2) is 0 Å². The molecule has 2 aromatic rings. The van der Waals surface area contributed by atoms with Gasteiger partial charge in [0.25, 0.3) is 0 Å². The molecule has 0 spiro atoms. The molecule has 2 N–H and O–H groups in total. The third kappa shape index (κ3) is 5.69. The Hall–Kier alpha value is -1.85. The zero-order valence-corrected chi connectivity index (χ0v) is 14.6. The Bertz CT molecular complexity index is 646. The number of carbonyl (C=O) groups excluding carboxylic acids is 1. The predicted molar refractivity (Wildman–Crippen MR) is 93.1 cm³/mol. The number of ether oxygens (including phenoxy) is 2. The average molecular weight is 378 g/mol. The summed E-state index contributed by atoms with van der Waals surface area (Å²) in [6.07, 6.45) is 0.141. The standard InChI is InChI=1S/C18H20BrNO3/c1-2-22-18(21)11-17(20)14-8-15(19)10-16(9-14)23-12-13-6-4-3-5-7-13/h3-10,17H,2,11-12,20H2,1H3. The van der Waals surface area contributed by atoms with E-state index in [9.17, 15) is 4.79 Å². The summed E-state index contributed by atoms with van der Waals surface area (Å²) in [5.74, 6) is 0.407. The van der Waals surface area contributed by atoms with Crippen LogP contribution in [0.15, 0.2) is 53.0 Å². The first-order valence-electron chi connectivity index (χ1n) is 7.47. The quantitative estimate of drug-likeness (QED) is 0.741. The van der Waals surface area contributed by atoms with E-state index in [-0.39, 0.29) is 12.4 Å². The maximum atomic E-state index is 11.6. The minimum atomic E-state index is -0.425. The lowest BCUT2D eigenvalue weighted by Gasteiger charge is -2.14. The van der Waals surface area contributed by atoms with E-state index in [0.717, 1.165) is 15.6 Å². The van der Waals surface area contributed by atoms with Crippen LogP contribution in [-0.4, -0.2) is 12.6 Å². The Labute approximate surface area is 144 Å². The molecule has 0 saturated heterocycles. The zero-order chi connectivity index (χ0) is 16.7. The largest absolute Gasteiger partial charge is 0.489 e. The fourth-order valence-electron chi connectivity index (χ4n) is 2.14. The molecule has 0 amide bonds. The molecular weight excluding hydrogens is 358 g/mol. The van der Waals surface area contributed by atoms with E-state index in [4.69, 9.17) is 15.2 Å². The van der Waals surface area contributed by atoms with Crippen LogP contribution in [0.2, 0.25) is 0 Å². The number of esters is 1. The van der Waals surface area contributed by atoms with Gasteiger partial charge in [-0.25, -0.2) is 0 Å². The van der Waals surface area contributed by atoms with E-state index in [1.165, 1.54) is 0 Å². The van der Waals surface area contributed by atoms with Crippen molar-refractivity contribution >= 4 is 21.9 Å². The van der Waals surface area contributed by atoms with Gasteiger partial charge in [-0.15, -0.1) is 0 Å². The number of carbonyl (C=O) groups is 1. The molecule has 0 aromatic heterocycles. The SMILES string of the molecule is CCOC(=O)CC(N)c1cc(Br)cc(OCc2ccccc2)c1. The fourth-order valence-corrected chi connectivity index (χ4v) is 2.63. The Balaban J connectivity index is 2.04. The first-order chi connectivity index (χ1) is 11.1. The zero-order valence-electron chi connectivity index (χ0n) is 13.0. The summed E-state index contributed by atoms with van der Waals surface area (Å²) in [6.45, 7) is 2.61. The fraction of sp³-hybridized carbons (Fsp3) is 0.278. The second kappa shape index (κ2) is 8.70. The van der Waals surface area contributed by atoms with Gasteiger partial charge < -0.3 is 15.2 Å². The van der Waals surface area contributed by atoms with Crippen LogP contribution in [0.4, 0.5) is 0 Å². The Morgan fingerprint density at radius 3 is 2.65 bits per heavy atom. The first kappa shape index (κ1) is 17.5. The Morgan fingerprint density at radius 2 is 1.96 bits per heavy atom. The molecule has 1 unspecified atom stereocenters. The topological polar surface area (TPSA) is 61.5 Å². The average Bonchev–Trinajstić information content (AvgIpc) is 2.53. The van der Waals surface area contributed by atoms with Crippen molar-refractivity contribution in [2.24, 2.45) is 5.73 Å². The Morgan fingerprint density at radius 1 is 1.22 bits per heavy atom. The van der Waals surface area contributed by atoms with Gasteiger partial charge in [0, 0.05) is 10.5 Å². The summed E-state index contributed by atoms with van der Waals surface area (Å²) in [7, 11) is 0. The molecule has 0 radical (unpaired) electrons. The predicted octanol–water partition coefficient (Wildman–Crippen LogP) is 3.98. The third-order valence-electron chi connectivity index (χ3n) is 3.26. The monoisotopic (exact) mass is 377 g/mol. The molecule has 0 bridgehead atoms. The molecule has 0 saturated carbocycles. The number of hydrogen-bond acceptors (Lipinski definition) is 4. The van der Waals surface area contributed by atoms with Gasteiger partial charge in [-0.05, 0) is 36.2 Å². The smallest absolute Gasteiger partial charge is 0.307 e. The van der Waals surface area contributed by atoms with Gasteiger partial charge >= 0.3 is 5.97 Å². The molecule has 23 heavy (non-hydrogen) atoms. The first-order valence-corrected chi connectivity index (χ1v) is 8.26. The van der Waals surface area contributed by atoms with Crippen molar-refractivity contribution < 1.29 is 14.3 Å². The van der Waals surface area contributed by atoms with Crippen molar-refractivity contribution in [3.8, 4) is 5.75 Å². The van der Waals surface area contributed by atoms with Crippen LogP contribution in [0.5, 0.6) is 5.75 Å². The van der Waals surface area contributed by atoms with E-state index in [1.54, 1.807) is 6.92 Å². The highest BCUT2D eigenvalue weighted by molar-refractivity contribution is 9.10. The molecule has 2 rings (SSSR count). The molecule has 4 nitrogen and oxygen atoms in total. The summed E-state index contributed by atoms with van der Waals surface area (Å²) >= 11 is 3.45. The van der Waals surface area contributed by atoms with Gasteiger partial charge in [-0.2, -0.15) is 0 Å². The van der Waals surface area contributed by atoms with Gasteiger partial charge in [-0.1, -0.05) is 46.3 Å². The number of benzene rings is 2. The lowest BCUT2D eigenvalue weighted by molar-refractivity contribution is -0.143. The van der Waals surface area contributed by atoms with Crippen molar-refractivity contribution in [3.63, 3.8) is 0 Å². The number of rotatable bonds is 7. The molecule has 0 aliphatic carbocycles. The van der Waals surface area contributed by atoms with Crippen molar-refractivity contribution in [1.82, 2.24) is 0 Å². The maximum Gasteiger partial charge on any atom is 0.307 e. The molecule has 122 valence electrons. The summed E-state index contributed by atoms with van der Waals surface area (Å²) < 4.78 is 11.6. The van der Waals surface area contributed by atoms with Crippen LogP contribution in [0, 0.1) is 0 Å². The van der Waals surface area contributed by atoms with Gasteiger partial charge in [-0.3, -0.25) is 4.79 Å². The van der Waals surface area contributed by atoms with Crippen LogP contribution in [0.3, 0.4) is 0 Å². The lowest BCUT2D eigenvalue weighted by atomic mass is 10.0. The number of halogens is 1.